The van der Waals surface area contributed by atoms with Crippen molar-refractivity contribution in [1.82, 2.24) is 4.90 Å². The summed E-state index contributed by atoms with van der Waals surface area (Å²) in [7, 11) is -7.79. The second-order valence-electron chi connectivity index (χ2n) is 11.0. The molecule has 1 fully saturated rings. The van der Waals surface area contributed by atoms with Crippen LogP contribution in [0.3, 0.4) is 0 Å². The van der Waals surface area contributed by atoms with E-state index in [4.69, 9.17) is 4.74 Å². The van der Waals surface area contributed by atoms with Crippen LogP contribution in [0.4, 0.5) is 11.4 Å². The maximum atomic E-state index is 13.7. The van der Waals surface area contributed by atoms with E-state index in [1.807, 2.05) is 0 Å². The molecule has 1 aromatic rings. The Morgan fingerprint density at radius 3 is 2.53 bits per heavy atom. The van der Waals surface area contributed by atoms with E-state index >= 15 is 0 Å². The second kappa shape index (κ2) is 11.6. The van der Waals surface area contributed by atoms with Gasteiger partial charge < -0.3 is 15.0 Å². The fourth-order valence-corrected chi connectivity index (χ4v) is 6.48. The zero-order valence-electron chi connectivity index (χ0n) is 22.6. The highest BCUT2D eigenvalue weighted by Gasteiger charge is 2.39. The van der Waals surface area contributed by atoms with Gasteiger partial charge in [-0.2, -0.15) is 8.42 Å². The SMILES string of the molecule is CCOC(=O)C1CCCCC1N(CCC(C)(C)C)C(=O)CC1=NS(=O)(=O)c2cc(NS(C)(=O)=O)ccc2N1. The van der Waals surface area contributed by atoms with Gasteiger partial charge in [0.25, 0.3) is 10.0 Å². The number of esters is 1. The highest BCUT2D eigenvalue weighted by Crippen LogP contribution is 2.33. The summed E-state index contributed by atoms with van der Waals surface area (Å²) >= 11 is 0. The molecule has 1 aromatic carbocycles. The number of anilines is 2. The van der Waals surface area contributed by atoms with Gasteiger partial charge in [-0.05, 0) is 49.8 Å². The molecule has 38 heavy (non-hydrogen) atoms. The molecule has 0 spiro atoms. The van der Waals surface area contributed by atoms with Crippen LogP contribution in [0.15, 0.2) is 27.5 Å². The molecule has 0 aromatic heterocycles. The van der Waals surface area contributed by atoms with Crippen molar-refractivity contribution in [3.63, 3.8) is 0 Å². The van der Waals surface area contributed by atoms with Crippen LogP contribution in [-0.2, 0) is 34.4 Å². The van der Waals surface area contributed by atoms with E-state index < -0.39 is 26.0 Å². The number of amides is 1. The highest BCUT2D eigenvalue weighted by atomic mass is 32.2. The molecule has 0 bridgehead atoms. The third kappa shape index (κ3) is 7.92. The summed E-state index contributed by atoms with van der Waals surface area (Å²) in [5, 5.41) is 2.91. The molecular weight excluding hydrogens is 532 g/mol. The lowest BCUT2D eigenvalue weighted by Gasteiger charge is -2.40. The summed E-state index contributed by atoms with van der Waals surface area (Å²) < 4.78 is 60.3. The van der Waals surface area contributed by atoms with Crippen molar-refractivity contribution in [2.24, 2.45) is 15.7 Å². The summed E-state index contributed by atoms with van der Waals surface area (Å²) in [5.41, 5.74) is 0.222. The topological polar surface area (TPSA) is 151 Å². The van der Waals surface area contributed by atoms with Crippen LogP contribution in [0.2, 0.25) is 0 Å². The molecule has 2 aliphatic rings. The predicted molar refractivity (Wildman–Crippen MR) is 146 cm³/mol. The van der Waals surface area contributed by atoms with E-state index in [1.165, 1.54) is 18.2 Å². The molecular formula is C25H38N4O7S2. The van der Waals surface area contributed by atoms with Crippen molar-refractivity contribution in [3.8, 4) is 0 Å². The van der Waals surface area contributed by atoms with Crippen LogP contribution >= 0.6 is 0 Å². The van der Waals surface area contributed by atoms with Gasteiger partial charge in [0.05, 0.1) is 30.9 Å². The van der Waals surface area contributed by atoms with Crippen molar-refractivity contribution in [1.29, 1.82) is 0 Å². The first-order chi connectivity index (χ1) is 17.6. The average molecular weight is 571 g/mol. The van der Waals surface area contributed by atoms with Gasteiger partial charge in [0.1, 0.15) is 10.7 Å². The van der Waals surface area contributed by atoms with Crippen LogP contribution in [0.5, 0.6) is 0 Å². The molecule has 0 radical (unpaired) electrons. The van der Waals surface area contributed by atoms with E-state index in [9.17, 15) is 26.4 Å². The maximum Gasteiger partial charge on any atom is 0.311 e. The molecule has 13 heteroatoms. The molecule has 212 valence electrons. The maximum absolute atomic E-state index is 13.7. The second-order valence-corrected chi connectivity index (χ2v) is 14.3. The lowest BCUT2D eigenvalue weighted by molar-refractivity contribution is -0.154. The number of nitrogens with zero attached hydrogens (tertiary/aromatic N) is 2. The van der Waals surface area contributed by atoms with Crippen molar-refractivity contribution < 1.29 is 31.2 Å². The van der Waals surface area contributed by atoms with Crippen LogP contribution in [0.25, 0.3) is 0 Å². The predicted octanol–water partition coefficient (Wildman–Crippen LogP) is 3.35. The third-order valence-electron chi connectivity index (χ3n) is 6.53. The Morgan fingerprint density at radius 2 is 1.89 bits per heavy atom. The lowest BCUT2D eigenvalue weighted by atomic mass is 9.82. The van der Waals surface area contributed by atoms with Crippen LogP contribution in [-0.4, -0.2) is 64.9 Å². The average Bonchev–Trinajstić information content (AvgIpc) is 2.78. The number of ether oxygens (including phenoxy) is 1. The van der Waals surface area contributed by atoms with Gasteiger partial charge in [-0.25, -0.2) is 8.42 Å². The fourth-order valence-electron chi connectivity index (χ4n) is 4.75. The van der Waals surface area contributed by atoms with Crippen LogP contribution in [0.1, 0.15) is 66.2 Å². The number of hydrogen-bond acceptors (Lipinski definition) is 8. The monoisotopic (exact) mass is 570 g/mol. The van der Waals surface area contributed by atoms with E-state index in [2.05, 4.69) is 35.2 Å². The van der Waals surface area contributed by atoms with Gasteiger partial charge in [0.15, 0.2) is 0 Å². The molecule has 3 rings (SSSR count). The number of amidine groups is 1. The molecule has 0 saturated heterocycles. The van der Waals surface area contributed by atoms with Crippen LogP contribution < -0.4 is 10.0 Å². The van der Waals surface area contributed by atoms with Crippen molar-refractivity contribution >= 4 is 49.1 Å². The van der Waals surface area contributed by atoms with E-state index in [0.29, 0.717) is 25.8 Å². The molecule has 1 saturated carbocycles. The molecule has 1 aliphatic heterocycles. The molecule has 1 heterocycles. The summed E-state index contributed by atoms with van der Waals surface area (Å²) in [6.45, 7) is 8.65. The van der Waals surface area contributed by atoms with Crippen LogP contribution in [0, 0.1) is 11.3 Å². The van der Waals surface area contributed by atoms with Gasteiger partial charge in [-0.15, -0.1) is 4.40 Å². The van der Waals surface area contributed by atoms with Gasteiger partial charge in [-0.1, -0.05) is 33.6 Å². The van der Waals surface area contributed by atoms with E-state index in [0.717, 1.165) is 19.1 Å². The Labute approximate surface area is 225 Å². The Morgan fingerprint density at radius 1 is 1.21 bits per heavy atom. The Balaban J connectivity index is 1.87. The standard InChI is InChI=1S/C25H38N4O7S2/c1-6-36-24(31)18-9-7-8-10-20(18)29(14-13-25(2,3)4)23(30)16-22-26-19-12-11-17(27-37(5,32)33)15-21(19)38(34,35)28-22/h11-12,15,18,20,27H,6-10,13-14,16H2,1-5H3,(H,26,28). The zero-order valence-corrected chi connectivity index (χ0v) is 24.2. The van der Waals surface area contributed by atoms with Gasteiger partial charge in [0, 0.05) is 18.3 Å². The number of hydrogen-bond donors (Lipinski definition) is 2. The third-order valence-corrected chi connectivity index (χ3v) is 8.49. The Kier molecular flexibility index (Phi) is 9.12. The first-order valence-electron chi connectivity index (χ1n) is 12.8. The number of sulfonamides is 2. The Bertz CT molecular complexity index is 1300. The summed E-state index contributed by atoms with van der Waals surface area (Å²) in [5.74, 6) is -1.10. The van der Waals surface area contributed by atoms with Crippen molar-refractivity contribution in [2.75, 3.05) is 29.4 Å². The number of fused-ring (bicyclic) bond motifs is 1. The van der Waals surface area contributed by atoms with E-state index in [-0.39, 0.29) is 58.5 Å². The molecule has 11 nitrogen and oxygen atoms in total. The number of carbonyl (C=O) groups excluding carboxylic acids is 2. The summed E-state index contributed by atoms with van der Waals surface area (Å²) in [4.78, 5) is 27.9. The molecule has 1 amide bonds. The number of carbonyl (C=O) groups is 2. The molecule has 2 atom stereocenters. The molecule has 1 aliphatic carbocycles. The minimum absolute atomic E-state index is 0.0319. The zero-order chi connectivity index (χ0) is 28.3. The lowest BCUT2D eigenvalue weighted by Crippen LogP contribution is -2.50. The fraction of sp³-hybridized carbons (Fsp3) is 0.640. The minimum Gasteiger partial charge on any atom is -0.466 e. The van der Waals surface area contributed by atoms with Gasteiger partial charge in [0.2, 0.25) is 15.9 Å². The number of nitrogens with one attached hydrogen (secondary N) is 2. The molecule has 2 unspecified atom stereocenters. The molecule has 2 N–H and O–H groups in total. The quantitative estimate of drug-likeness (QED) is 0.429. The minimum atomic E-state index is -4.19. The smallest absolute Gasteiger partial charge is 0.311 e. The van der Waals surface area contributed by atoms with Crippen molar-refractivity contribution in [2.45, 2.75) is 77.2 Å². The normalized spacial score (nSPS) is 20.9. The highest BCUT2D eigenvalue weighted by molar-refractivity contribution is 7.92. The van der Waals surface area contributed by atoms with Crippen molar-refractivity contribution in [3.05, 3.63) is 18.2 Å². The number of benzene rings is 1. The largest absolute Gasteiger partial charge is 0.466 e. The van der Waals surface area contributed by atoms with Gasteiger partial charge >= 0.3 is 5.97 Å². The van der Waals surface area contributed by atoms with Gasteiger partial charge in [-0.3, -0.25) is 14.3 Å². The summed E-state index contributed by atoms with van der Waals surface area (Å²) in [6.07, 6.45) is 4.42. The Hall–Kier alpha value is -2.67. The summed E-state index contributed by atoms with van der Waals surface area (Å²) in [6, 6.07) is 3.70. The number of rotatable bonds is 9. The van der Waals surface area contributed by atoms with E-state index in [1.54, 1.807) is 11.8 Å². The first kappa shape index (κ1) is 29.9. The first-order valence-corrected chi connectivity index (χ1v) is 16.1.